The van der Waals surface area contributed by atoms with Gasteiger partial charge in [0.25, 0.3) is 5.91 Å². The standard InChI is InChI=1S/C20H26F2N4O3/c1-13(16-23-18(24-29-16)20(2,3)4)25-9-11-26(12-10-25)17(27)14-7-5-6-8-15(14)28-19(21)22/h5-8,13,19H,9-12H2,1-4H3. The van der Waals surface area contributed by atoms with E-state index in [1.165, 1.54) is 12.1 Å². The van der Waals surface area contributed by atoms with Crippen molar-refractivity contribution in [3.05, 3.63) is 41.5 Å². The van der Waals surface area contributed by atoms with Gasteiger partial charge < -0.3 is 14.2 Å². The summed E-state index contributed by atoms with van der Waals surface area (Å²) in [4.78, 5) is 21.1. The molecule has 0 bridgehead atoms. The van der Waals surface area contributed by atoms with Crippen LogP contribution in [-0.4, -0.2) is 58.6 Å². The second-order valence-corrected chi connectivity index (χ2v) is 8.09. The number of carbonyl (C=O) groups excluding carboxylic acids is 1. The molecule has 1 aliphatic heterocycles. The largest absolute Gasteiger partial charge is 0.434 e. The molecular weight excluding hydrogens is 382 g/mol. The van der Waals surface area contributed by atoms with Crippen LogP contribution in [0.25, 0.3) is 0 Å². The molecule has 0 aliphatic carbocycles. The summed E-state index contributed by atoms with van der Waals surface area (Å²) < 4.78 is 35.1. The number of alkyl halides is 2. The van der Waals surface area contributed by atoms with E-state index in [-0.39, 0.29) is 28.7 Å². The summed E-state index contributed by atoms with van der Waals surface area (Å²) in [7, 11) is 0. The van der Waals surface area contributed by atoms with Crippen LogP contribution < -0.4 is 4.74 Å². The van der Waals surface area contributed by atoms with Crippen molar-refractivity contribution in [2.45, 2.75) is 45.8 Å². The van der Waals surface area contributed by atoms with Crippen LogP contribution in [0.1, 0.15) is 55.8 Å². The number of amides is 1. The zero-order valence-electron chi connectivity index (χ0n) is 17.1. The first kappa shape index (κ1) is 21.2. The molecule has 0 N–H and O–H groups in total. The Morgan fingerprint density at radius 1 is 1.17 bits per heavy atom. The fraction of sp³-hybridized carbons (Fsp3) is 0.550. The molecule has 1 aromatic heterocycles. The zero-order valence-corrected chi connectivity index (χ0v) is 17.1. The van der Waals surface area contributed by atoms with Crippen LogP contribution in [0.2, 0.25) is 0 Å². The van der Waals surface area contributed by atoms with Gasteiger partial charge in [-0.05, 0) is 19.1 Å². The van der Waals surface area contributed by atoms with E-state index in [0.717, 1.165) is 0 Å². The average molecular weight is 408 g/mol. The van der Waals surface area contributed by atoms with Gasteiger partial charge in [-0.2, -0.15) is 13.8 Å². The monoisotopic (exact) mass is 408 g/mol. The van der Waals surface area contributed by atoms with E-state index in [4.69, 9.17) is 4.52 Å². The maximum absolute atomic E-state index is 12.8. The number of para-hydroxylation sites is 1. The Bertz CT molecular complexity index is 842. The molecule has 1 amide bonds. The van der Waals surface area contributed by atoms with Gasteiger partial charge in [-0.1, -0.05) is 38.1 Å². The van der Waals surface area contributed by atoms with Crippen LogP contribution >= 0.6 is 0 Å². The lowest BCUT2D eigenvalue weighted by molar-refractivity contribution is -0.0503. The first-order chi connectivity index (χ1) is 13.7. The van der Waals surface area contributed by atoms with Gasteiger partial charge in [0.15, 0.2) is 5.82 Å². The molecule has 1 unspecified atom stereocenters. The Balaban J connectivity index is 1.63. The van der Waals surface area contributed by atoms with Gasteiger partial charge in [-0.3, -0.25) is 9.69 Å². The summed E-state index contributed by atoms with van der Waals surface area (Å²) in [6.07, 6.45) is 0. The highest BCUT2D eigenvalue weighted by Gasteiger charge is 2.30. The Morgan fingerprint density at radius 2 is 1.83 bits per heavy atom. The van der Waals surface area contributed by atoms with Gasteiger partial charge >= 0.3 is 6.61 Å². The molecule has 1 aliphatic rings. The number of hydrogen-bond donors (Lipinski definition) is 0. The van der Waals surface area contributed by atoms with Crippen molar-refractivity contribution in [3.63, 3.8) is 0 Å². The molecule has 29 heavy (non-hydrogen) atoms. The Labute approximate surface area is 168 Å². The number of hydrogen-bond acceptors (Lipinski definition) is 6. The van der Waals surface area contributed by atoms with E-state index in [9.17, 15) is 13.6 Å². The number of rotatable bonds is 5. The molecular formula is C20H26F2N4O3. The van der Waals surface area contributed by atoms with Crippen LogP contribution in [0.15, 0.2) is 28.8 Å². The van der Waals surface area contributed by atoms with Crippen molar-refractivity contribution in [2.24, 2.45) is 0 Å². The molecule has 0 spiro atoms. The Morgan fingerprint density at radius 3 is 2.41 bits per heavy atom. The molecule has 1 aromatic carbocycles. The molecule has 1 fully saturated rings. The number of piperazine rings is 1. The Hall–Kier alpha value is -2.55. The number of carbonyl (C=O) groups is 1. The van der Waals surface area contributed by atoms with Gasteiger partial charge in [-0.25, -0.2) is 0 Å². The second kappa shape index (κ2) is 8.44. The molecule has 2 aromatic rings. The van der Waals surface area contributed by atoms with Crippen LogP contribution in [0.3, 0.4) is 0 Å². The fourth-order valence-electron chi connectivity index (χ4n) is 3.19. The van der Waals surface area contributed by atoms with Crippen LogP contribution in [0.5, 0.6) is 5.75 Å². The van der Waals surface area contributed by atoms with E-state index in [2.05, 4.69) is 19.8 Å². The summed E-state index contributed by atoms with van der Waals surface area (Å²) in [5.74, 6) is 0.777. The third-order valence-electron chi connectivity index (χ3n) is 4.95. The van der Waals surface area contributed by atoms with Gasteiger partial charge in [0, 0.05) is 31.6 Å². The normalized spacial score (nSPS) is 16.9. The summed E-state index contributed by atoms with van der Waals surface area (Å²) >= 11 is 0. The second-order valence-electron chi connectivity index (χ2n) is 8.09. The van der Waals surface area contributed by atoms with Crippen molar-refractivity contribution >= 4 is 5.91 Å². The lowest BCUT2D eigenvalue weighted by Gasteiger charge is -2.37. The topological polar surface area (TPSA) is 71.7 Å². The molecule has 3 rings (SSSR count). The van der Waals surface area contributed by atoms with Crippen molar-refractivity contribution < 1.29 is 22.8 Å². The van der Waals surface area contributed by atoms with Crippen molar-refractivity contribution in [3.8, 4) is 5.75 Å². The third-order valence-corrected chi connectivity index (χ3v) is 4.95. The number of nitrogens with zero attached hydrogens (tertiary/aromatic N) is 4. The average Bonchev–Trinajstić information content (AvgIpc) is 3.18. The van der Waals surface area contributed by atoms with Crippen molar-refractivity contribution in [1.29, 1.82) is 0 Å². The van der Waals surface area contributed by atoms with Crippen LogP contribution in [0.4, 0.5) is 8.78 Å². The lowest BCUT2D eigenvalue weighted by Crippen LogP contribution is -2.49. The predicted octanol–water partition coefficient (Wildman–Crippen LogP) is 3.49. The molecule has 1 saturated heterocycles. The molecule has 2 heterocycles. The van der Waals surface area contributed by atoms with Crippen LogP contribution in [0, 0.1) is 0 Å². The zero-order chi connectivity index (χ0) is 21.2. The minimum atomic E-state index is -2.98. The maximum Gasteiger partial charge on any atom is 0.387 e. The lowest BCUT2D eigenvalue weighted by atomic mass is 9.96. The summed E-state index contributed by atoms with van der Waals surface area (Å²) in [5.41, 5.74) is -0.0543. The molecule has 0 saturated carbocycles. The molecule has 1 atom stereocenters. The highest BCUT2D eigenvalue weighted by Crippen LogP contribution is 2.26. The van der Waals surface area contributed by atoms with E-state index in [1.54, 1.807) is 17.0 Å². The highest BCUT2D eigenvalue weighted by atomic mass is 19.3. The first-order valence-corrected chi connectivity index (χ1v) is 9.58. The quantitative estimate of drug-likeness (QED) is 0.754. The number of halogens is 2. The van der Waals surface area contributed by atoms with E-state index in [1.807, 2.05) is 27.7 Å². The maximum atomic E-state index is 12.8. The number of benzene rings is 1. The molecule has 158 valence electrons. The van der Waals surface area contributed by atoms with E-state index < -0.39 is 6.61 Å². The number of ether oxygens (including phenoxy) is 1. The molecule has 9 heteroatoms. The van der Waals surface area contributed by atoms with E-state index >= 15 is 0 Å². The SMILES string of the molecule is CC(c1nc(C(C)(C)C)no1)N1CCN(C(=O)c2ccccc2OC(F)F)CC1. The first-order valence-electron chi connectivity index (χ1n) is 9.58. The highest BCUT2D eigenvalue weighted by molar-refractivity contribution is 5.97. The summed E-state index contributed by atoms with van der Waals surface area (Å²) in [6, 6.07) is 5.99. The van der Waals surface area contributed by atoms with Crippen molar-refractivity contribution in [2.75, 3.05) is 26.2 Å². The van der Waals surface area contributed by atoms with Gasteiger partial charge in [0.05, 0.1) is 11.6 Å². The van der Waals surface area contributed by atoms with Gasteiger partial charge in [-0.15, -0.1) is 0 Å². The molecule has 0 radical (unpaired) electrons. The summed E-state index contributed by atoms with van der Waals surface area (Å²) in [5, 5.41) is 4.07. The third kappa shape index (κ3) is 4.90. The minimum Gasteiger partial charge on any atom is -0.434 e. The van der Waals surface area contributed by atoms with Crippen molar-refractivity contribution in [1.82, 2.24) is 19.9 Å². The van der Waals surface area contributed by atoms with Gasteiger partial charge in [0.2, 0.25) is 5.89 Å². The van der Waals surface area contributed by atoms with Crippen LogP contribution in [-0.2, 0) is 5.41 Å². The minimum absolute atomic E-state index is 0.0784. The summed E-state index contributed by atoms with van der Waals surface area (Å²) in [6.45, 7) is 7.22. The predicted molar refractivity (Wildman–Crippen MR) is 102 cm³/mol. The fourth-order valence-corrected chi connectivity index (χ4v) is 3.19. The molecule has 7 nitrogen and oxygen atoms in total. The van der Waals surface area contributed by atoms with Gasteiger partial charge in [0.1, 0.15) is 5.75 Å². The number of aromatic nitrogens is 2. The van der Waals surface area contributed by atoms with E-state index in [0.29, 0.717) is 37.9 Å². The Kier molecular flexibility index (Phi) is 6.16. The smallest absolute Gasteiger partial charge is 0.387 e.